The maximum absolute atomic E-state index is 12.3. The Morgan fingerprint density at radius 3 is 2.50 bits per heavy atom. The summed E-state index contributed by atoms with van der Waals surface area (Å²) < 4.78 is 15.8. The standard InChI is InChI=1S/C18H21NO7/c1-5-12(17(21)22)19-15(20)8-11-9(2)16-13(25-4)6-10(24-3)7-14(16)26-18(11)23/h6-7,12H,5,8H2,1-4H3,(H,19,20)(H,21,22)/p-1/t12-/m1/s1. The molecule has 1 amide bonds. The average molecular weight is 362 g/mol. The largest absolute Gasteiger partial charge is 0.548 e. The number of methoxy groups -OCH3 is 2. The van der Waals surface area contributed by atoms with Crippen molar-refractivity contribution in [2.24, 2.45) is 0 Å². The van der Waals surface area contributed by atoms with Gasteiger partial charge in [0, 0.05) is 12.1 Å². The third-order valence-electron chi connectivity index (χ3n) is 4.14. The lowest BCUT2D eigenvalue weighted by molar-refractivity contribution is -0.308. The summed E-state index contributed by atoms with van der Waals surface area (Å²) in [5, 5.41) is 13.8. The second kappa shape index (κ2) is 7.90. The van der Waals surface area contributed by atoms with Crippen molar-refractivity contribution >= 4 is 22.8 Å². The van der Waals surface area contributed by atoms with Crippen LogP contribution in [0.1, 0.15) is 24.5 Å². The third-order valence-corrected chi connectivity index (χ3v) is 4.14. The van der Waals surface area contributed by atoms with E-state index < -0.39 is 23.5 Å². The van der Waals surface area contributed by atoms with E-state index in [1.54, 1.807) is 26.0 Å². The Balaban J connectivity index is 2.47. The number of ether oxygens (including phenoxy) is 2. The Morgan fingerprint density at radius 1 is 1.27 bits per heavy atom. The minimum Gasteiger partial charge on any atom is -0.548 e. The van der Waals surface area contributed by atoms with Gasteiger partial charge in [0.2, 0.25) is 5.91 Å². The molecule has 1 N–H and O–H groups in total. The molecule has 0 radical (unpaired) electrons. The number of aliphatic carboxylic acids is 1. The highest BCUT2D eigenvalue weighted by molar-refractivity contribution is 5.91. The van der Waals surface area contributed by atoms with Gasteiger partial charge >= 0.3 is 5.63 Å². The van der Waals surface area contributed by atoms with Gasteiger partial charge in [0.1, 0.15) is 17.1 Å². The molecule has 0 aliphatic carbocycles. The summed E-state index contributed by atoms with van der Waals surface area (Å²) in [4.78, 5) is 35.4. The summed E-state index contributed by atoms with van der Waals surface area (Å²) in [7, 11) is 2.95. The molecule has 0 saturated carbocycles. The quantitative estimate of drug-likeness (QED) is 0.704. The van der Waals surface area contributed by atoms with Crippen LogP contribution in [-0.4, -0.2) is 32.1 Å². The van der Waals surface area contributed by atoms with Crippen molar-refractivity contribution in [1.82, 2.24) is 5.32 Å². The molecule has 2 aromatic rings. The first-order valence-corrected chi connectivity index (χ1v) is 8.00. The molecule has 2 rings (SSSR count). The fraction of sp³-hybridized carbons (Fsp3) is 0.389. The molecule has 0 saturated heterocycles. The van der Waals surface area contributed by atoms with Crippen LogP contribution in [-0.2, 0) is 16.0 Å². The number of hydrogen-bond acceptors (Lipinski definition) is 7. The molecule has 1 aromatic heterocycles. The minimum atomic E-state index is -1.38. The van der Waals surface area contributed by atoms with Crippen LogP contribution >= 0.6 is 0 Å². The van der Waals surface area contributed by atoms with Crippen LogP contribution in [0.25, 0.3) is 11.0 Å². The van der Waals surface area contributed by atoms with Gasteiger partial charge in [-0.1, -0.05) is 6.92 Å². The number of carboxylic acids is 1. The first kappa shape index (κ1) is 19.3. The zero-order chi connectivity index (χ0) is 19.4. The summed E-state index contributed by atoms with van der Waals surface area (Å²) in [5.74, 6) is -1.09. The topological polar surface area (TPSA) is 118 Å². The Kier molecular flexibility index (Phi) is 5.86. The number of aryl methyl sites for hydroxylation is 1. The number of benzene rings is 1. The first-order chi connectivity index (χ1) is 12.3. The highest BCUT2D eigenvalue weighted by Gasteiger charge is 2.20. The maximum Gasteiger partial charge on any atom is 0.340 e. The molecule has 0 aliphatic heterocycles. The zero-order valence-corrected chi connectivity index (χ0v) is 15.0. The van der Waals surface area contributed by atoms with Crippen molar-refractivity contribution in [3.63, 3.8) is 0 Å². The van der Waals surface area contributed by atoms with E-state index in [9.17, 15) is 19.5 Å². The van der Waals surface area contributed by atoms with Crippen molar-refractivity contribution in [2.45, 2.75) is 32.7 Å². The molecular formula is C18H20NO7-. The first-order valence-electron chi connectivity index (χ1n) is 8.00. The van der Waals surface area contributed by atoms with Crippen molar-refractivity contribution in [1.29, 1.82) is 0 Å². The number of carboxylic acid groups (broad SMARTS) is 1. The maximum atomic E-state index is 12.3. The van der Waals surface area contributed by atoms with Crippen molar-refractivity contribution in [3.05, 3.63) is 33.7 Å². The van der Waals surface area contributed by atoms with Crippen LogP contribution in [0.2, 0.25) is 0 Å². The Hall–Kier alpha value is -3.03. The van der Waals surface area contributed by atoms with Crippen LogP contribution in [0.4, 0.5) is 0 Å². The van der Waals surface area contributed by atoms with Crippen molar-refractivity contribution < 1.29 is 28.6 Å². The number of hydrogen-bond donors (Lipinski definition) is 1. The number of carbonyl (C=O) groups excluding carboxylic acids is 2. The number of fused-ring (bicyclic) bond motifs is 1. The lowest BCUT2D eigenvalue weighted by Gasteiger charge is -2.18. The molecule has 1 aromatic carbocycles. The fourth-order valence-corrected chi connectivity index (χ4v) is 2.70. The van der Waals surface area contributed by atoms with Gasteiger partial charge in [0.25, 0.3) is 0 Å². The summed E-state index contributed by atoms with van der Waals surface area (Å²) >= 11 is 0. The predicted octanol–water partition coefficient (Wildman–Crippen LogP) is 0.306. The molecule has 26 heavy (non-hydrogen) atoms. The molecule has 0 unspecified atom stereocenters. The lowest BCUT2D eigenvalue weighted by Crippen LogP contribution is -2.48. The number of carbonyl (C=O) groups is 2. The minimum absolute atomic E-state index is 0.131. The number of amides is 1. The van der Waals surface area contributed by atoms with E-state index in [1.165, 1.54) is 14.2 Å². The molecule has 8 heteroatoms. The molecule has 140 valence electrons. The number of rotatable bonds is 7. The fourth-order valence-electron chi connectivity index (χ4n) is 2.70. The summed E-state index contributed by atoms with van der Waals surface area (Å²) in [5.41, 5.74) is 0.245. The summed E-state index contributed by atoms with van der Waals surface area (Å²) in [6.07, 6.45) is -0.143. The van der Waals surface area contributed by atoms with E-state index in [4.69, 9.17) is 13.9 Å². The van der Waals surface area contributed by atoms with Gasteiger partial charge in [0.15, 0.2) is 0 Å². The van der Waals surface area contributed by atoms with Crippen LogP contribution < -0.4 is 25.5 Å². The normalized spacial score (nSPS) is 11.8. The molecule has 0 spiro atoms. The van der Waals surface area contributed by atoms with Crippen LogP contribution in [0.5, 0.6) is 11.5 Å². The van der Waals surface area contributed by atoms with Gasteiger partial charge in [-0.25, -0.2) is 4.79 Å². The molecule has 8 nitrogen and oxygen atoms in total. The summed E-state index contributed by atoms with van der Waals surface area (Å²) in [6, 6.07) is 2.08. The predicted molar refractivity (Wildman–Crippen MR) is 91.3 cm³/mol. The molecule has 1 atom stereocenters. The Bertz CT molecular complexity index is 901. The van der Waals surface area contributed by atoms with Crippen LogP contribution in [0.15, 0.2) is 21.3 Å². The highest BCUT2D eigenvalue weighted by atomic mass is 16.5. The zero-order valence-electron chi connectivity index (χ0n) is 15.0. The lowest BCUT2D eigenvalue weighted by atomic mass is 10.0. The monoisotopic (exact) mass is 362 g/mol. The number of nitrogens with one attached hydrogen (secondary N) is 1. The van der Waals surface area contributed by atoms with Gasteiger partial charge in [-0.2, -0.15) is 0 Å². The SMILES string of the molecule is CC[C@@H](NC(=O)Cc1c(C)c2c(OC)cc(OC)cc2oc1=O)C(=O)[O-]. The summed E-state index contributed by atoms with van der Waals surface area (Å²) in [6.45, 7) is 3.28. The van der Waals surface area contributed by atoms with E-state index in [1.807, 2.05) is 0 Å². The highest BCUT2D eigenvalue weighted by Crippen LogP contribution is 2.33. The van der Waals surface area contributed by atoms with E-state index >= 15 is 0 Å². The van der Waals surface area contributed by atoms with Gasteiger partial charge in [-0.3, -0.25) is 4.79 Å². The van der Waals surface area contributed by atoms with E-state index in [2.05, 4.69) is 5.32 Å². The van der Waals surface area contributed by atoms with Gasteiger partial charge in [0.05, 0.1) is 43.6 Å². The molecule has 0 aliphatic rings. The van der Waals surface area contributed by atoms with Crippen LogP contribution in [0, 0.1) is 6.92 Å². The van der Waals surface area contributed by atoms with E-state index in [-0.39, 0.29) is 24.0 Å². The molecule has 1 heterocycles. The van der Waals surface area contributed by atoms with Gasteiger partial charge < -0.3 is 29.1 Å². The molecule has 0 fully saturated rings. The second-order valence-corrected chi connectivity index (χ2v) is 5.72. The Morgan fingerprint density at radius 2 is 1.96 bits per heavy atom. The Labute approximate surface area is 149 Å². The van der Waals surface area contributed by atoms with Crippen molar-refractivity contribution in [3.8, 4) is 11.5 Å². The van der Waals surface area contributed by atoms with Crippen molar-refractivity contribution in [2.75, 3.05) is 14.2 Å². The molecule has 0 bridgehead atoms. The third kappa shape index (κ3) is 3.79. The van der Waals surface area contributed by atoms with Gasteiger partial charge in [-0.15, -0.1) is 0 Å². The van der Waals surface area contributed by atoms with E-state index in [0.717, 1.165) is 0 Å². The van der Waals surface area contributed by atoms with Gasteiger partial charge in [-0.05, 0) is 18.9 Å². The molecular weight excluding hydrogens is 342 g/mol. The average Bonchev–Trinajstić information content (AvgIpc) is 2.61. The smallest absolute Gasteiger partial charge is 0.340 e. The van der Waals surface area contributed by atoms with E-state index in [0.29, 0.717) is 22.4 Å². The van der Waals surface area contributed by atoms with Crippen LogP contribution in [0.3, 0.4) is 0 Å². The second-order valence-electron chi connectivity index (χ2n) is 5.72.